The summed E-state index contributed by atoms with van der Waals surface area (Å²) in [7, 11) is 0. The van der Waals surface area contributed by atoms with E-state index in [1.165, 1.54) is 5.57 Å². The van der Waals surface area contributed by atoms with Crippen LogP contribution >= 0.6 is 0 Å². The minimum Gasteiger partial charge on any atom is -0.432 e. The van der Waals surface area contributed by atoms with Crippen LogP contribution in [0.15, 0.2) is 11.6 Å². The van der Waals surface area contributed by atoms with Crippen LogP contribution in [-0.4, -0.2) is 245 Å². The predicted octanol–water partition coefficient (Wildman–Crippen LogP) is -3.06. The van der Waals surface area contributed by atoms with Gasteiger partial charge >= 0.3 is 5.97 Å². The van der Waals surface area contributed by atoms with Crippen molar-refractivity contribution in [1.29, 1.82) is 0 Å². The number of hydrogen-bond donors (Lipinski definition) is 15. The van der Waals surface area contributed by atoms with Gasteiger partial charge in [-0.05, 0) is 104 Å². The van der Waals surface area contributed by atoms with Crippen LogP contribution in [0.4, 0.5) is 0 Å². The fourth-order valence-corrected chi connectivity index (χ4v) is 16.4. The maximum atomic E-state index is 15.1. The lowest BCUT2D eigenvalue weighted by Gasteiger charge is -2.71. The van der Waals surface area contributed by atoms with E-state index in [1.807, 2.05) is 6.92 Å². The van der Waals surface area contributed by atoms with Crippen LogP contribution in [-0.2, 0) is 42.7 Å². The van der Waals surface area contributed by atoms with Gasteiger partial charge in [0.05, 0.1) is 44.6 Å². The van der Waals surface area contributed by atoms with E-state index >= 15 is 4.79 Å². The summed E-state index contributed by atoms with van der Waals surface area (Å²) in [6.45, 7) is 10.2. The molecular weight excluding hydrogens is 1030 g/mol. The molecule has 0 aromatic heterocycles. The van der Waals surface area contributed by atoms with Gasteiger partial charge in [0.15, 0.2) is 18.9 Å². The maximum Gasteiger partial charge on any atom is 0.315 e. The minimum absolute atomic E-state index is 0.0881. The Bertz CT molecular complexity index is 2130. The Balaban J connectivity index is 0.941. The second-order valence-electron chi connectivity index (χ2n) is 26.2. The van der Waals surface area contributed by atoms with Gasteiger partial charge in [0, 0.05) is 5.41 Å². The summed E-state index contributed by atoms with van der Waals surface area (Å²) in [4.78, 5) is 15.1. The number of carbonyl (C=O) groups excluding carboxylic acids is 1. The molecule has 0 aromatic rings. The topological polar surface area (TPSA) is 394 Å². The third-order valence-corrected chi connectivity index (χ3v) is 21.6. The Hall–Kier alpha value is -1.67. The van der Waals surface area contributed by atoms with Gasteiger partial charge in [0.1, 0.15) is 97.7 Å². The lowest BCUT2D eigenvalue weighted by molar-refractivity contribution is -0.379. The van der Waals surface area contributed by atoms with Gasteiger partial charge in [-0.1, -0.05) is 53.2 Å². The quantitative estimate of drug-likeness (QED) is 0.0494. The van der Waals surface area contributed by atoms with Gasteiger partial charge in [-0.2, -0.15) is 0 Å². The molecular formula is C54H88O24. The van der Waals surface area contributed by atoms with E-state index in [-0.39, 0.29) is 40.6 Å². The number of ether oxygens (including phenoxy) is 8. The molecule has 29 atom stereocenters. The number of hydrogen-bond acceptors (Lipinski definition) is 24. The summed E-state index contributed by atoms with van der Waals surface area (Å²) in [5, 5.41) is 160. The molecule has 15 N–H and O–H groups in total. The van der Waals surface area contributed by atoms with Crippen LogP contribution in [0.2, 0.25) is 0 Å². The maximum absolute atomic E-state index is 15.1. The van der Waals surface area contributed by atoms with Gasteiger partial charge in [-0.25, -0.2) is 0 Å². The summed E-state index contributed by atoms with van der Waals surface area (Å²) in [6, 6.07) is 0. The average molecular weight is 1120 g/mol. The number of esters is 1. The summed E-state index contributed by atoms with van der Waals surface area (Å²) in [5.74, 6) is -0.932. The molecule has 9 rings (SSSR count). The highest BCUT2D eigenvalue weighted by Crippen LogP contribution is 2.76. The third kappa shape index (κ3) is 9.86. The van der Waals surface area contributed by atoms with Crippen LogP contribution in [0.3, 0.4) is 0 Å². The second-order valence-corrected chi connectivity index (χ2v) is 26.2. The number of aliphatic hydroxyl groups excluding tert-OH is 15. The monoisotopic (exact) mass is 1120 g/mol. The SMILES string of the molecule is CC1(C)CC[C@]2(C(=O)O[C@@H]3O[C@H](CO[C@@H]4O[C@H](CO)[C@@H](O)[C@H](O)[C@H]4O)[C@@H](O)[C@H](O)[C@H]3O)CC[C@]3(C)C(=CC[C@@H]4[C@@]5(C)CC[C@H](O[C@@H]6O[C@H](CO)[C@@H](O)[C@H](O)[C@H]6O[C@@H]6O[C@H](CO)[C@@H](O)[C@H](O)[C@H]6O)[C@@](C)(CO)[C@@H]5CC[C@]43C)[C@@H]2C1. The molecule has 4 heterocycles. The normalized spacial score (nSPS) is 54.1. The largest absolute Gasteiger partial charge is 0.432 e. The Morgan fingerprint density at radius 3 is 1.68 bits per heavy atom. The van der Waals surface area contributed by atoms with Crippen LogP contribution in [0, 0.1) is 50.2 Å². The molecule has 9 aliphatic rings. The molecule has 448 valence electrons. The van der Waals surface area contributed by atoms with Crippen molar-refractivity contribution in [2.24, 2.45) is 50.2 Å². The van der Waals surface area contributed by atoms with E-state index in [2.05, 4.69) is 40.7 Å². The highest BCUT2D eigenvalue weighted by Gasteiger charge is 2.71. The van der Waals surface area contributed by atoms with E-state index < -0.39 is 178 Å². The molecule has 24 nitrogen and oxygen atoms in total. The van der Waals surface area contributed by atoms with Gasteiger partial charge < -0.3 is 114 Å². The molecule has 0 spiro atoms. The standard InChI is InChI=1S/C54H88O24/c1-49(2)13-15-54(48(70)78-46-42(69)38(65)35(62)28(75-46)21-71-44-40(67)36(63)32(59)25(18-55)72-44)16-14-52(5)23(24(54)17-49)7-8-30-50(3)11-10-31(51(4,22-58)29(50)9-12-53(30,52)6)76-47-43(39(66)34(61)27(20-57)74-47)77-45-41(68)37(64)33(60)26(19-56)73-45/h7,24-47,55-69H,8-22H2,1-6H3/t24-,25+,26+,27+,28+,29+,30+,31-,32+,33+,34+,35+,36-,37-,38-,39-,40+,41+,42+,43+,44+,45-,46-,47-,50-,51-,52+,53+,54-/m0/s1. The fraction of sp³-hybridized carbons (Fsp3) is 0.944. The van der Waals surface area contributed by atoms with Gasteiger partial charge in [0.2, 0.25) is 6.29 Å². The molecule has 0 unspecified atom stereocenters. The summed E-state index contributed by atoms with van der Waals surface area (Å²) < 4.78 is 47.6. The number of fused-ring (bicyclic) bond motifs is 7. The van der Waals surface area contributed by atoms with E-state index in [9.17, 15) is 76.6 Å². The van der Waals surface area contributed by atoms with E-state index in [0.29, 0.717) is 57.8 Å². The lowest BCUT2D eigenvalue weighted by atomic mass is 9.33. The molecule has 4 aliphatic heterocycles. The molecule has 4 saturated heterocycles. The van der Waals surface area contributed by atoms with Crippen molar-refractivity contribution in [3.8, 4) is 0 Å². The van der Waals surface area contributed by atoms with E-state index in [0.717, 1.165) is 6.42 Å². The molecule has 8 fully saturated rings. The van der Waals surface area contributed by atoms with Crippen LogP contribution in [0.5, 0.6) is 0 Å². The van der Waals surface area contributed by atoms with Crippen molar-refractivity contribution in [3.05, 3.63) is 11.6 Å². The zero-order valence-corrected chi connectivity index (χ0v) is 45.4. The van der Waals surface area contributed by atoms with Crippen molar-refractivity contribution in [3.63, 3.8) is 0 Å². The Morgan fingerprint density at radius 2 is 1.08 bits per heavy atom. The first-order valence-electron chi connectivity index (χ1n) is 28.0. The first-order chi connectivity index (χ1) is 36.6. The highest BCUT2D eigenvalue weighted by atomic mass is 16.8. The molecule has 4 saturated carbocycles. The number of allylic oxidation sites excluding steroid dienone is 2. The molecule has 78 heavy (non-hydrogen) atoms. The molecule has 5 aliphatic carbocycles. The zero-order valence-electron chi connectivity index (χ0n) is 45.4. The first kappa shape index (κ1) is 60.9. The van der Waals surface area contributed by atoms with Crippen LogP contribution in [0.25, 0.3) is 0 Å². The van der Waals surface area contributed by atoms with Crippen molar-refractivity contribution in [2.75, 3.05) is 33.0 Å². The zero-order chi connectivity index (χ0) is 57.0. The van der Waals surface area contributed by atoms with Crippen molar-refractivity contribution in [2.45, 2.75) is 235 Å². The first-order valence-corrected chi connectivity index (χ1v) is 28.0. The molecule has 24 heteroatoms. The molecule has 0 bridgehead atoms. The van der Waals surface area contributed by atoms with Crippen molar-refractivity contribution in [1.82, 2.24) is 0 Å². The molecule has 0 aromatic carbocycles. The number of carbonyl (C=O) groups is 1. The second kappa shape index (κ2) is 22.4. The number of rotatable bonds is 13. The summed E-state index contributed by atoms with van der Waals surface area (Å²) in [5.41, 5.74) is -2.07. The lowest BCUT2D eigenvalue weighted by Crippen LogP contribution is -2.68. The smallest absolute Gasteiger partial charge is 0.315 e. The Kier molecular flexibility index (Phi) is 17.5. The fourth-order valence-electron chi connectivity index (χ4n) is 16.4. The van der Waals surface area contributed by atoms with Crippen LogP contribution in [0.1, 0.15) is 106 Å². The van der Waals surface area contributed by atoms with E-state index in [4.69, 9.17) is 37.9 Å². The average Bonchev–Trinajstić information content (AvgIpc) is 3.60. The summed E-state index contributed by atoms with van der Waals surface area (Å²) >= 11 is 0. The highest BCUT2D eigenvalue weighted by molar-refractivity contribution is 5.79. The van der Waals surface area contributed by atoms with Gasteiger partial charge in [0.25, 0.3) is 0 Å². The van der Waals surface area contributed by atoms with Crippen LogP contribution < -0.4 is 0 Å². The third-order valence-electron chi connectivity index (χ3n) is 21.6. The van der Waals surface area contributed by atoms with E-state index in [1.54, 1.807) is 0 Å². The summed E-state index contributed by atoms with van der Waals surface area (Å²) in [6.07, 6.45) is -25.3. The Morgan fingerprint density at radius 1 is 0.551 bits per heavy atom. The van der Waals surface area contributed by atoms with Gasteiger partial charge in [-0.15, -0.1) is 0 Å². The minimum atomic E-state index is -1.86. The van der Waals surface area contributed by atoms with Crippen molar-refractivity contribution >= 4 is 5.97 Å². The molecule has 0 amide bonds. The van der Waals surface area contributed by atoms with Crippen molar-refractivity contribution < 1.29 is 119 Å². The number of aliphatic hydroxyl groups is 15. The molecule has 0 radical (unpaired) electrons. The predicted molar refractivity (Wildman–Crippen MR) is 264 cm³/mol. The Labute approximate surface area is 453 Å². The van der Waals surface area contributed by atoms with Gasteiger partial charge in [-0.3, -0.25) is 4.79 Å².